The topological polar surface area (TPSA) is 67.5 Å². The molecule has 0 saturated carbocycles. The van der Waals surface area contributed by atoms with Crippen molar-refractivity contribution in [3.05, 3.63) is 64.6 Å². The molecule has 6 nitrogen and oxygen atoms in total. The number of nitrogens with one attached hydrogen (secondary N) is 1. The van der Waals surface area contributed by atoms with Crippen LogP contribution in [-0.2, 0) is 17.9 Å². The predicted molar refractivity (Wildman–Crippen MR) is 105 cm³/mol. The minimum atomic E-state index is -0.429. The molecule has 1 aliphatic heterocycles. The summed E-state index contributed by atoms with van der Waals surface area (Å²) in [6, 6.07) is 15.6. The standard InChI is InChI=1S/C21H23N3O3/c25-20(11-14-24-18-5-1-2-6-19(18)27-21(24)26)22-15-16-7-9-17(10-8-16)23-12-3-4-13-23/h1-2,5-10H,3-4,11-15H2,(H,22,25). The number of nitrogens with zero attached hydrogens (tertiary/aromatic N) is 2. The van der Waals surface area contributed by atoms with Gasteiger partial charge in [0.2, 0.25) is 5.91 Å². The summed E-state index contributed by atoms with van der Waals surface area (Å²) < 4.78 is 6.69. The minimum Gasteiger partial charge on any atom is -0.408 e. The van der Waals surface area contributed by atoms with Crippen LogP contribution in [0.15, 0.2) is 57.7 Å². The molecule has 3 aromatic rings. The van der Waals surface area contributed by atoms with Gasteiger partial charge in [-0.05, 0) is 42.7 Å². The van der Waals surface area contributed by atoms with Crippen molar-refractivity contribution in [2.75, 3.05) is 18.0 Å². The van der Waals surface area contributed by atoms with Gasteiger partial charge in [0.25, 0.3) is 0 Å². The monoisotopic (exact) mass is 365 g/mol. The minimum absolute atomic E-state index is 0.0872. The normalized spacial score (nSPS) is 14.0. The third-order valence-corrected chi connectivity index (χ3v) is 5.03. The Hall–Kier alpha value is -3.02. The molecule has 0 radical (unpaired) electrons. The van der Waals surface area contributed by atoms with Crippen molar-refractivity contribution in [1.82, 2.24) is 9.88 Å². The van der Waals surface area contributed by atoms with Crippen LogP contribution in [0.5, 0.6) is 0 Å². The molecular weight excluding hydrogens is 342 g/mol. The summed E-state index contributed by atoms with van der Waals surface area (Å²) in [7, 11) is 0. The first kappa shape index (κ1) is 17.4. The van der Waals surface area contributed by atoms with Crippen molar-refractivity contribution in [2.45, 2.75) is 32.4 Å². The molecule has 27 heavy (non-hydrogen) atoms. The highest BCUT2D eigenvalue weighted by atomic mass is 16.4. The third kappa shape index (κ3) is 3.89. The number of anilines is 1. The van der Waals surface area contributed by atoms with E-state index in [9.17, 15) is 9.59 Å². The first-order chi connectivity index (χ1) is 13.2. The molecule has 6 heteroatoms. The van der Waals surface area contributed by atoms with Crippen molar-refractivity contribution >= 4 is 22.7 Å². The van der Waals surface area contributed by atoms with Gasteiger partial charge in [0.1, 0.15) is 0 Å². The van der Waals surface area contributed by atoms with E-state index < -0.39 is 5.76 Å². The van der Waals surface area contributed by atoms with Crippen molar-refractivity contribution in [3.63, 3.8) is 0 Å². The lowest BCUT2D eigenvalue weighted by Crippen LogP contribution is -2.25. The van der Waals surface area contributed by atoms with E-state index in [4.69, 9.17) is 4.42 Å². The molecule has 0 bridgehead atoms. The highest BCUT2D eigenvalue weighted by Crippen LogP contribution is 2.20. The largest absolute Gasteiger partial charge is 0.419 e. The smallest absolute Gasteiger partial charge is 0.408 e. The van der Waals surface area contributed by atoms with E-state index in [-0.39, 0.29) is 12.3 Å². The fraction of sp³-hybridized carbons (Fsp3) is 0.333. The Bertz CT molecular complexity index is 982. The van der Waals surface area contributed by atoms with Crippen LogP contribution in [0.2, 0.25) is 0 Å². The van der Waals surface area contributed by atoms with Gasteiger partial charge in [-0.3, -0.25) is 9.36 Å². The third-order valence-electron chi connectivity index (χ3n) is 5.03. The molecule has 1 fully saturated rings. The van der Waals surface area contributed by atoms with Gasteiger partial charge in [0, 0.05) is 38.3 Å². The van der Waals surface area contributed by atoms with E-state index in [0.717, 1.165) is 18.7 Å². The summed E-state index contributed by atoms with van der Waals surface area (Å²) in [5, 5.41) is 2.92. The van der Waals surface area contributed by atoms with Crippen LogP contribution in [0.4, 0.5) is 5.69 Å². The van der Waals surface area contributed by atoms with E-state index in [0.29, 0.717) is 24.2 Å². The zero-order valence-corrected chi connectivity index (χ0v) is 15.2. The number of benzene rings is 2. The fourth-order valence-corrected chi connectivity index (χ4v) is 3.53. The lowest BCUT2D eigenvalue weighted by molar-refractivity contribution is -0.121. The van der Waals surface area contributed by atoms with Crippen molar-refractivity contribution in [2.24, 2.45) is 0 Å². The Morgan fingerprint density at radius 3 is 2.56 bits per heavy atom. The summed E-state index contributed by atoms with van der Waals surface area (Å²) in [5.41, 5.74) is 3.57. The summed E-state index contributed by atoms with van der Waals surface area (Å²) in [4.78, 5) is 26.5. The second-order valence-corrected chi connectivity index (χ2v) is 6.87. The number of para-hydroxylation sites is 2. The number of oxazole rings is 1. The van der Waals surface area contributed by atoms with Gasteiger partial charge in [-0.15, -0.1) is 0 Å². The van der Waals surface area contributed by atoms with E-state index in [1.807, 2.05) is 18.2 Å². The number of hydrogen-bond donors (Lipinski definition) is 1. The SMILES string of the molecule is O=C(CCn1c(=O)oc2ccccc21)NCc1ccc(N2CCCC2)cc1. The number of aromatic nitrogens is 1. The van der Waals surface area contributed by atoms with Crippen LogP contribution in [-0.4, -0.2) is 23.6 Å². The fourth-order valence-electron chi connectivity index (χ4n) is 3.53. The lowest BCUT2D eigenvalue weighted by atomic mass is 10.2. The molecule has 0 atom stereocenters. The zero-order chi connectivity index (χ0) is 18.6. The van der Waals surface area contributed by atoms with Crippen LogP contribution in [0.1, 0.15) is 24.8 Å². The summed E-state index contributed by atoms with van der Waals surface area (Å²) in [5.74, 6) is -0.516. The maximum atomic E-state index is 12.2. The number of fused-ring (bicyclic) bond motifs is 1. The maximum absolute atomic E-state index is 12.2. The van der Waals surface area contributed by atoms with Crippen molar-refractivity contribution < 1.29 is 9.21 Å². The first-order valence-electron chi connectivity index (χ1n) is 9.40. The first-order valence-corrected chi connectivity index (χ1v) is 9.40. The van der Waals surface area contributed by atoms with Crippen LogP contribution in [0.3, 0.4) is 0 Å². The van der Waals surface area contributed by atoms with E-state index in [1.54, 1.807) is 6.07 Å². The number of carbonyl (C=O) groups excluding carboxylic acids is 1. The Balaban J connectivity index is 1.30. The Morgan fingerprint density at radius 1 is 1.04 bits per heavy atom. The highest BCUT2D eigenvalue weighted by Gasteiger charge is 2.12. The number of carbonyl (C=O) groups is 1. The molecule has 1 aromatic heterocycles. The molecule has 2 heterocycles. The molecular formula is C21H23N3O3. The van der Waals surface area contributed by atoms with Gasteiger partial charge < -0.3 is 14.6 Å². The van der Waals surface area contributed by atoms with Crippen molar-refractivity contribution in [3.8, 4) is 0 Å². The number of hydrogen-bond acceptors (Lipinski definition) is 4. The molecule has 0 unspecified atom stereocenters. The average molecular weight is 365 g/mol. The number of amides is 1. The molecule has 2 aromatic carbocycles. The number of aryl methyl sites for hydroxylation is 1. The molecule has 0 spiro atoms. The van der Waals surface area contributed by atoms with Crippen LogP contribution >= 0.6 is 0 Å². The van der Waals surface area contributed by atoms with Gasteiger partial charge in [0.05, 0.1) is 5.52 Å². The van der Waals surface area contributed by atoms with Gasteiger partial charge in [-0.2, -0.15) is 0 Å². The van der Waals surface area contributed by atoms with Crippen LogP contribution in [0.25, 0.3) is 11.1 Å². The molecule has 1 N–H and O–H groups in total. The second-order valence-electron chi connectivity index (χ2n) is 6.87. The Kier molecular flexibility index (Phi) is 4.96. The summed E-state index contributed by atoms with van der Waals surface area (Å²) >= 11 is 0. The van der Waals surface area contributed by atoms with E-state index >= 15 is 0 Å². The number of rotatable bonds is 6. The van der Waals surface area contributed by atoms with Crippen LogP contribution < -0.4 is 16.0 Å². The van der Waals surface area contributed by atoms with Gasteiger partial charge in [0.15, 0.2) is 5.58 Å². The molecule has 0 aliphatic carbocycles. The summed E-state index contributed by atoms with van der Waals surface area (Å²) in [6.07, 6.45) is 2.75. The van der Waals surface area contributed by atoms with Gasteiger partial charge in [-0.25, -0.2) is 4.79 Å². The molecule has 1 aliphatic rings. The van der Waals surface area contributed by atoms with E-state index in [2.05, 4.69) is 34.5 Å². The average Bonchev–Trinajstić information content (AvgIpc) is 3.33. The van der Waals surface area contributed by atoms with E-state index in [1.165, 1.54) is 23.1 Å². The Labute approximate surface area is 157 Å². The lowest BCUT2D eigenvalue weighted by Gasteiger charge is -2.17. The van der Waals surface area contributed by atoms with Gasteiger partial charge in [-0.1, -0.05) is 24.3 Å². The zero-order valence-electron chi connectivity index (χ0n) is 15.2. The second kappa shape index (κ2) is 7.70. The maximum Gasteiger partial charge on any atom is 0.419 e. The van der Waals surface area contributed by atoms with Crippen LogP contribution in [0, 0.1) is 0 Å². The van der Waals surface area contributed by atoms with Gasteiger partial charge >= 0.3 is 5.76 Å². The molecule has 1 amide bonds. The predicted octanol–water partition coefficient (Wildman–Crippen LogP) is 2.90. The highest BCUT2D eigenvalue weighted by molar-refractivity contribution is 5.76. The Morgan fingerprint density at radius 2 is 1.78 bits per heavy atom. The molecule has 1 saturated heterocycles. The van der Waals surface area contributed by atoms with Crippen molar-refractivity contribution in [1.29, 1.82) is 0 Å². The summed E-state index contributed by atoms with van der Waals surface area (Å²) in [6.45, 7) is 3.03. The molecule has 140 valence electrons. The molecule has 4 rings (SSSR count). The quantitative estimate of drug-likeness (QED) is 0.729.